The molecule has 25 heavy (non-hydrogen) atoms. The van der Waals surface area contributed by atoms with Crippen LogP contribution in [0.1, 0.15) is 15.9 Å². The molecule has 7 nitrogen and oxygen atoms in total. The third-order valence-corrected chi connectivity index (χ3v) is 3.25. The molecule has 0 heterocycles. The number of nitrogens with one attached hydrogen (secondary N) is 2. The zero-order chi connectivity index (χ0) is 18.1. The quantitative estimate of drug-likeness (QED) is 0.596. The van der Waals surface area contributed by atoms with E-state index >= 15 is 0 Å². The summed E-state index contributed by atoms with van der Waals surface area (Å²) in [6.45, 7) is -0.218. The number of hydrogen-bond donors (Lipinski definition) is 2. The molecule has 130 valence electrons. The van der Waals surface area contributed by atoms with E-state index in [0.717, 1.165) is 11.3 Å². The van der Waals surface area contributed by atoms with Crippen molar-refractivity contribution < 1.29 is 19.2 Å². The number of carbonyl (C=O) groups is 2. The van der Waals surface area contributed by atoms with Gasteiger partial charge in [0.05, 0.1) is 13.3 Å². The second kappa shape index (κ2) is 9.07. The van der Waals surface area contributed by atoms with Crippen LogP contribution in [0.15, 0.2) is 53.7 Å². The zero-order valence-electron chi connectivity index (χ0n) is 14.0. The fraction of sp³-hybridized carbons (Fsp3) is 0.167. The second-order valence-corrected chi connectivity index (χ2v) is 4.99. The summed E-state index contributed by atoms with van der Waals surface area (Å²) in [5.41, 5.74) is 1.91. The monoisotopic (exact) mass is 341 g/mol. The van der Waals surface area contributed by atoms with Gasteiger partial charge in [-0.15, -0.1) is 0 Å². The standard InChI is InChI=1S/C18H19N3O4/c1-19-18(23)14-5-7-15(8-6-14)21-17(22)12-25-20-11-13-3-9-16(24-2)10-4-13/h3-11H,12H2,1-2H3,(H,19,23)(H,21,22)/b20-11-. The molecule has 0 fully saturated rings. The Hall–Kier alpha value is -3.35. The van der Waals surface area contributed by atoms with Gasteiger partial charge in [0, 0.05) is 18.3 Å². The summed E-state index contributed by atoms with van der Waals surface area (Å²) in [6.07, 6.45) is 1.50. The topological polar surface area (TPSA) is 89.0 Å². The second-order valence-electron chi connectivity index (χ2n) is 4.99. The Morgan fingerprint density at radius 1 is 1.08 bits per heavy atom. The van der Waals surface area contributed by atoms with E-state index in [1.165, 1.54) is 6.21 Å². The molecule has 0 bridgehead atoms. The summed E-state index contributed by atoms with van der Waals surface area (Å²) < 4.78 is 5.06. The normalized spacial score (nSPS) is 10.3. The molecule has 0 aliphatic rings. The largest absolute Gasteiger partial charge is 0.497 e. The van der Waals surface area contributed by atoms with E-state index in [4.69, 9.17) is 9.57 Å². The molecular formula is C18H19N3O4. The van der Waals surface area contributed by atoms with Crippen molar-refractivity contribution in [2.45, 2.75) is 0 Å². The lowest BCUT2D eigenvalue weighted by Gasteiger charge is -2.05. The van der Waals surface area contributed by atoms with Crippen LogP contribution in [-0.4, -0.2) is 38.8 Å². The van der Waals surface area contributed by atoms with Crippen molar-refractivity contribution in [1.29, 1.82) is 0 Å². The van der Waals surface area contributed by atoms with Crippen molar-refractivity contribution in [3.63, 3.8) is 0 Å². The van der Waals surface area contributed by atoms with Gasteiger partial charge in [0.2, 0.25) is 0 Å². The Kier molecular flexibility index (Phi) is 6.53. The van der Waals surface area contributed by atoms with Crippen LogP contribution in [0.3, 0.4) is 0 Å². The van der Waals surface area contributed by atoms with E-state index in [1.54, 1.807) is 50.6 Å². The summed E-state index contributed by atoms with van der Waals surface area (Å²) in [6, 6.07) is 13.8. The number of hydrogen-bond acceptors (Lipinski definition) is 5. The maximum Gasteiger partial charge on any atom is 0.265 e. The van der Waals surface area contributed by atoms with Gasteiger partial charge < -0.3 is 20.2 Å². The van der Waals surface area contributed by atoms with Crippen molar-refractivity contribution in [3.05, 3.63) is 59.7 Å². The van der Waals surface area contributed by atoms with Crippen LogP contribution in [0.2, 0.25) is 0 Å². The van der Waals surface area contributed by atoms with Gasteiger partial charge in [0.15, 0.2) is 6.61 Å². The van der Waals surface area contributed by atoms with Gasteiger partial charge in [-0.1, -0.05) is 5.16 Å². The predicted molar refractivity (Wildman–Crippen MR) is 95.0 cm³/mol. The van der Waals surface area contributed by atoms with E-state index in [2.05, 4.69) is 15.8 Å². The predicted octanol–water partition coefficient (Wildman–Crippen LogP) is 2.04. The maximum atomic E-state index is 11.8. The van der Waals surface area contributed by atoms with E-state index in [9.17, 15) is 9.59 Å². The Morgan fingerprint density at radius 3 is 2.36 bits per heavy atom. The molecule has 2 aromatic carbocycles. The lowest BCUT2D eigenvalue weighted by Crippen LogP contribution is -2.19. The number of oxime groups is 1. The molecule has 0 spiro atoms. The van der Waals surface area contributed by atoms with Crippen molar-refractivity contribution >= 4 is 23.7 Å². The van der Waals surface area contributed by atoms with Crippen LogP contribution in [0.25, 0.3) is 0 Å². The third kappa shape index (κ3) is 5.65. The Balaban J connectivity index is 1.78. The van der Waals surface area contributed by atoms with Crippen LogP contribution < -0.4 is 15.4 Å². The highest BCUT2D eigenvalue weighted by molar-refractivity contribution is 5.95. The number of methoxy groups -OCH3 is 1. The summed E-state index contributed by atoms with van der Waals surface area (Å²) in [7, 11) is 3.15. The van der Waals surface area contributed by atoms with Crippen molar-refractivity contribution in [3.8, 4) is 5.75 Å². The minimum absolute atomic E-state index is 0.186. The molecule has 0 saturated carbocycles. The summed E-state index contributed by atoms with van der Waals surface area (Å²) >= 11 is 0. The van der Waals surface area contributed by atoms with E-state index in [1.807, 2.05) is 12.1 Å². The maximum absolute atomic E-state index is 11.8. The number of amides is 2. The number of benzene rings is 2. The van der Waals surface area contributed by atoms with Crippen LogP contribution in [-0.2, 0) is 9.63 Å². The van der Waals surface area contributed by atoms with E-state index < -0.39 is 0 Å². The van der Waals surface area contributed by atoms with Crippen molar-refractivity contribution in [1.82, 2.24) is 5.32 Å². The molecule has 0 aliphatic carbocycles. The van der Waals surface area contributed by atoms with Gasteiger partial charge in [-0.25, -0.2) is 0 Å². The molecule has 2 amide bonds. The number of rotatable bonds is 7. The molecule has 0 aromatic heterocycles. The average Bonchev–Trinajstić information content (AvgIpc) is 2.65. The number of ether oxygens (including phenoxy) is 1. The molecular weight excluding hydrogens is 322 g/mol. The third-order valence-electron chi connectivity index (χ3n) is 3.25. The first-order chi connectivity index (χ1) is 12.1. The summed E-state index contributed by atoms with van der Waals surface area (Å²) in [4.78, 5) is 28.2. The minimum Gasteiger partial charge on any atom is -0.497 e. The highest BCUT2D eigenvalue weighted by Crippen LogP contribution is 2.10. The zero-order valence-corrected chi connectivity index (χ0v) is 14.0. The molecule has 2 aromatic rings. The van der Waals surface area contributed by atoms with E-state index in [-0.39, 0.29) is 18.4 Å². The summed E-state index contributed by atoms with van der Waals surface area (Å²) in [5.74, 6) is 0.216. The molecule has 2 rings (SSSR count). The first-order valence-electron chi connectivity index (χ1n) is 7.54. The van der Waals surface area contributed by atoms with Crippen LogP contribution in [0, 0.1) is 0 Å². The number of nitrogens with zero attached hydrogens (tertiary/aromatic N) is 1. The van der Waals surface area contributed by atoms with Crippen LogP contribution in [0.4, 0.5) is 5.69 Å². The molecule has 2 N–H and O–H groups in total. The SMILES string of the molecule is CNC(=O)c1ccc(NC(=O)CO/N=C\c2ccc(OC)cc2)cc1. The minimum atomic E-state index is -0.348. The molecule has 0 aliphatic heterocycles. The van der Waals surface area contributed by atoms with Crippen LogP contribution >= 0.6 is 0 Å². The lowest BCUT2D eigenvalue weighted by molar-refractivity contribution is -0.120. The van der Waals surface area contributed by atoms with Gasteiger partial charge in [-0.05, 0) is 54.1 Å². The first kappa shape index (κ1) is 18.0. The molecule has 0 atom stereocenters. The molecule has 0 unspecified atom stereocenters. The van der Waals surface area contributed by atoms with Crippen molar-refractivity contribution in [2.75, 3.05) is 26.1 Å². The Labute approximate surface area is 145 Å². The van der Waals surface area contributed by atoms with Gasteiger partial charge in [0.1, 0.15) is 5.75 Å². The van der Waals surface area contributed by atoms with E-state index in [0.29, 0.717) is 11.3 Å². The average molecular weight is 341 g/mol. The lowest BCUT2D eigenvalue weighted by atomic mass is 10.2. The van der Waals surface area contributed by atoms with Crippen LogP contribution in [0.5, 0.6) is 5.75 Å². The number of anilines is 1. The highest BCUT2D eigenvalue weighted by Gasteiger charge is 2.05. The molecule has 0 radical (unpaired) electrons. The Bertz CT molecular complexity index is 740. The fourth-order valence-electron chi connectivity index (χ4n) is 1.93. The van der Waals surface area contributed by atoms with Gasteiger partial charge >= 0.3 is 0 Å². The fourth-order valence-corrected chi connectivity index (χ4v) is 1.93. The first-order valence-corrected chi connectivity index (χ1v) is 7.54. The number of carbonyl (C=O) groups excluding carboxylic acids is 2. The Morgan fingerprint density at radius 2 is 1.76 bits per heavy atom. The van der Waals surface area contributed by atoms with Gasteiger partial charge in [-0.2, -0.15) is 0 Å². The molecule has 7 heteroatoms. The van der Waals surface area contributed by atoms with Crippen molar-refractivity contribution in [2.24, 2.45) is 5.16 Å². The smallest absolute Gasteiger partial charge is 0.265 e. The highest BCUT2D eigenvalue weighted by atomic mass is 16.6. The van der Waals surface area contributed by atoms with Gasteiger partial charge in [-0.3, -0.25) is 9.59 Å². The molecule has 0 saturated heterocycles. The summed E-state index contributed by atoms with van der Waals surface area (Å²) in [5, 5.41) is 8.93. The van der Waals surface area contributed by atoms with Gasteiger partial charge in [0.25, 0.3) is 11.8 Å².